The minimum Gasteiger partial charge on any atom is -0.378 e. The summed E-state index contributed by atoms with van der Waals surface area (Å²) in [6.07, 6.45) is -0.311. The molecule has 0 bridgehead atoms. The maximum Gasteiger partial charge on any atom is 0.403 e. The summed E-state index contributed by atoms with van der Waals surface area (Å²) in [5.74, 6) is 0.506. The van der Waals surface area contributed by atoms with Gasteiger partial charge in [0.25, 0.3) is 0 Å². The van der Waals surface area contributed by atoms with Gasteiger partial charge in [0.1, 0.15) is 11.9 Å². The van der Waals surface area contributed by atoms with Crippen LogP contribution in [0.3, 0.4) is 0 Å². The van der Waals surface area contributed by atoms with E-state index in [0.29, 0.717) is 45.4 Å². The first-order valence-corrected chi connectivity index (χ1v) is 13.1. The van der Waals surface area contributed by atoms with Crippen LogP contribution in [0.25, 0.3) is 0 Å². The van der Waals surface area contributed by atoms with Crippen LogP contribution < -0.4 is 20.4 Å². The largest absolute Gasteiger partial charge is 0.403 e. The molecule has 10 heteroatoms. The third kappa shape index (κ3) is 5.70. The zero-order valence-electron chi connectivity index (χ0n) is 21.1. The fourth-order valence-electron chi connectivity index (χ4n) is 5.58. The predicted octanol–water partition coefficient (Wildman–Crippen LogP) is 5.00. The van der Waals surface area contributed by atoms with E-state index in [1.54, 1.807) is 13.1 Å². The number of rotatable bonds is 5. The molecule has 5 rings (SSSR count). The van der Waals surface area contributed by atoms with Crippen molar-refractivity contribution in [3.8, 4) is 0 Å². The number of carbonyl (C=O) groups excluding carboxylic acids is 1. The van der Waals surface area contributed by atoms with Crippen molar-refractivity contribution in [1.82, 2.24) is 10.3 Å². The van der Waals surface area contributed by atoms with E-state index in [9.17, 15) is 18.0 Å². The Hall–Kier alpha value is -2.85. The molecule has 1 unspecified atom stereocenters. The number of halogens is 3. The van der Waals surface area contributed by atoms with Crippen LogP contribution in [-0.2, 0) is 16.1 Å². The molecule has 1 aromatic carbocycles. The molecule has 1 saturated heterocycles. The standard InChI is InChI=1S/C27H34F3N5O2/c1-2-24(27(28,29)30)32-20-7-5-18(6-8-20)26(36)35-17-19-4-3-11-31-25(19)33-22-10-9-21(16-23(22)35)34-12-14-37-15-13-34/h3-4,9-11,16,18,20,24,32H,2,5-8,12-15,17H2,1H3,(H,31,33)/t18-,20+,24?. The van der Waals surface area contributed by atoms with Gasteiger partial charge in [-0.05, 0) is 56.4 Å². The minimum absolute atomic E-state index is 0.00115. The van der Waals surface area contributed by atoms with Crippen molar-refractivity contribution in [2.24, 2.45) is 5.92 Å². The van der Waals surface area contributed by atoms with Crippen molar-refractivity contribution < 1.29 is 22.7 Å². The molecule has 2 aliphatic heterocycles. The molecule has 1 atom stereocenters. The average molecular weight is 518 g/mol. The van der Waals surface area contributed by atoms with Crippen molar-refractivity contribution in [2.75, 3.05) is 41.4 Å². The molecular weight excluding hydrogens is 483 g/mol. The van der Waals surface area contributed by atoms with Crippen molar-refractivity contribution in [3.05, 3.63) is 42.1 Å². The lowest BCUT2D eigenvalue weighted by atomic mass is 9.84. The van der Waals surface area contributed by atoms with Gasteiger partial charge in [-0.2, -0.15) is 13.2 Å². The first kappa shape index (κ1) is 25.8. The third-order valence-electron chi connectivity index (χ3n) is 7.70. The van der Waals surface area contributed by atoms with E-state index < -0.39 is 12.2 Å². The second kappa shape index (κ2) is 10.9. The number of amides is 1. The summed E-state index contributed by atoms with van der Waals surface area (Å²) in [6.45, 7) is 4.84. The highest BCUT2D eigenvalue weighted by Crippen LogP contribution is 2.40. The summed E-state index contributed by atoms with van der Waals surface area (Å²) < 4.78 is 45.2. The Bertz CT molecular complexity index is 1100. The SMILES string of the molecule is CCC(N[C@H]1CC[C@@H](C(=O)N2Cc3cccnc3Nc3ccc(N4CCOCC4)cc32)CC1)C(F)(F)F. The van der Waals surface area contributed by atoms with Crippen LogP contribution in [0.15, 0.2) is 36.5 Å². The maximum absolute atomic E-state index is 14.0. The summed E-state index contributed by atoms with van der Waals surface area (Å²) in [7, 11) is 0. The van der Waals surface area contributed by atoms with E-state index in [1.165, 1.54) is 0 Å². The molecule has 0 spiro atoms. The highest BCUT2D eigenvalue weighted by molar-refractivity contribution is 6.00. The van der Waals surface area contributed by atoms with Gasteiger partial charge in [0.05, 0.1) is 31.1 Å². The van der Waals surface area contributed by atoms with Crippen LogP contribution in [0, 0.1) is 5.92 Å². The number of anilines is 4. The van der Waals surface area contributed by atoms with E-state index in [1.807, 2.05) is 23.1 Å². The molecule has 1 aromatic heterocycles. The topological polar surface area (TPSA) is 69.7 Å². The lowest BCUT2D eigenvalue weighted by molar-refractivity contribution is -0.159. The number of carbonyl (C=O) groups is 1. The lowest BCUT2D eigenvalue weighted by Crippen LogP contribution is -2.49. The van der Waals surface area contributed by atoms with E-state index in [0.717, 1.165) is 41.5 Å². The predicted molar refractivity (Wildman–Crippen MR) is 137 cm³/mol. The summed E-state index contributed by atoms with van der Waals surface area (Å²) in [5, 5.41) is 6.19. The Morgan fingerprint density at radius 2 is 1.95 bits per heavy atom. The van der Waals surface area contributed by atoms with Crippen LogP contribution in [0.2, 0.25) is 0 Å². The molecule has 3 aliphatic rings. The van der Waals surface area contributed by atoms with Crippen LogP contribution in [0.4, 0.5) is 36.1 Å². The summed E-state index contributed by atoms with van der Waals surface area (Å²) in [6, 6.07) is 8.19. The van der Waals surface area contributed by atoms with Crippen LogP contribution >= 0.6 is 0 Å². The molecular formula is C27H34F3N5O2. The zero-order valence-corrected chi connectivity index (χ0v) is 21.1. The quantitative estimate of drug-likeness (QED) is 0.582. The number of fused-ring (bicyclic) bond motifs is 2. The van der Waals surface area contributed by atoms with E-state index >= 15 is 0 Å². The number of nitrogens with zero attached hydrogens (tertiary/aromatic N) is 3. The van der Waals surface area contributed by atoms with Crippen LogP contribution in [-0.4, -0.2) is 55.5 Å². The Balaban J connectivity index is 1.36. The molecule has 1 amide bonds. The second-order valence-corrected chi connectivity index (χ2v) is 10.1. The molecule has 0 radical (unpaired) electrons. The zero-order chi connectivity index (χ0) is 26.0. The number of benzene rings is 1. The fraction of sp³-hybridized carbons (Fsp3) is 0.556. The van der Waals surface area contributed by atoms with Crippen LogP contribution in [0.5, 0.6) is 0 Å². The molecule has 1 saturated carbocycles. The molecule has 200 valence electrons. The highest BCUT2D eigenvalue weighted by atomic mass is 19.4. The molecule has 2 aromatic rings. The number of morpholine rings is 1. The summed E-state index contributed by atoms with van der Waals surface area (Å²) in [5.41, 5.74) is 3.57. The van der Waals surface area contributed by atoms with Crippen molar-refractivity contribution in [1.29, 1.82) is 0 Å². The van der Waals surface area contributed by atoms with E-state index in [-0.39, 0.29) is 24.3 Å². The summed E-state index contributed by atoms with van der Waals surface area (Å²) >= 11 is 0. The second-order valence-electron chi connectivity index (χ2n) is 10.1. The fourth-order valence-corrected chi connectivity index (χ4v) is 5.58. The first-order chi connectivity index (χ1) is 17.8. The number of pyridine rings is 1. The Morgan fingerprint density at radius 1 is 1.19 bits per heavy atom. The van der Waals surface area contributed by atoms with Gasteiger partial charge in [-0.1, -0.05) is 13.0 Å². The van der Waals surface area contributed by atoms with Gasteiger partial charge in [0.2, 0.25) is 5.91 Å². The lowest BCUT2D eigenvalue weighted by Gasteiger charge is -2.35. The average Bonchev–Trinajstić information content (AvgIpc) is 3.08. The van der Waals surface area contributed by atoms with Crippen molar-refractivity contribution >= 4 is 28.8 Å². The first-order valence-electron chi connectivity index (χ1n) is 13.1. The molecule has 7 nitrogen and oxygen atoms in total. The highest BCUT2D eigenvalue weighted by Gasteiger charge is 2.40. The van der Waals surface area contributed by atoms with Gasteiger partial charge in [-0.15, -0.1) is 0 Å². The number of nitrogens with one attached hydrogen (secondary N) is 2. The monoisotopic (exact) mass is 517 g/mol. The normalized spacial score (nSPS) is 22.9. The Kier molecular flexibility index (Phi) is 7.57. The Labute approximate surface area is 215 Å². The van der Waals surface area contributed by atoms with Crippen LogP contribution in [0.1, 0.15) is 44.6 Å². The number of ether oxygens (including phenoxy) is 1. The van der Waals surface area contributed by atoms with Gasteiger partial charge in [0, 0.05) is 42.5 Å². The molecule has 1 aliphatic carbocycles. The molecule has 2 fully saturated rings. The molecule has 2 N–H and O–H groups in total. The minimum atomic E-state index is -4.26. The van der Waals surface area contributed by atoms with Gasteiger partial charge in [-0.3, -0.25) is 4.79 Å². The maximum atomic E-state index is 14.0. The number of hydrogen-bond acceptors (Lipinski definition) is 6. The van der Waals surface area contributed by atoms with Gasteiger partial charge in [0.15, 0.2) is 0 Å². The van der Waals surface area contributed by atoms with Crippen molar-refractivity contribution in [3.63, 3.8) is 0 Å². The van der Waals surface area contributed by atoms with E-state index in [4.69, 9.17) is 4.74 Å². The van der Waals surface area contributed by atoms with Gasteiger partial charge in [-0.25, -0.2) is 4.98 Å². The summed E-state index contributed by atoms with van der Waals surface area (Å²) in [4.78, 5) is 22.5. The van der Waals surface area contributed by atoms with Gasteiger partial charge >= 0.3 is 6.18 Å². The third-order valence-corrected chi connectivity index (χ3v) is 7.70. The molecule has 37 heavy (non-hydrogen) atoms. The van der Waals surface area contributed by atoms with Crippen molar-refractivity contribution in [2.45, 2.75) is 63.8 Å². The Morgan fingerprint density at radius 3 is 2.65 bits per heavy atom. The molecule has 3 heterocycles. The number of hydrogen-bond donors (Lipinski definition) is 2. The number of alkyl halides is 3. The number of aromatic nitrogens is 1. The van der Waals surface area contributed by atoms with Gasteiger partial charge < -0.3 is 25.2 Å². The smallest absolute Gasteiger partial charge is 0.378 e. The van der Waals surface area contributed by atoms with E-state index in [2.05, 4.69) is 32.7 Å².